The molecule has 8 heteroatoms. The van der Waals surface area contributed by atoms with Crippen molar-refractivity contribution >= 4 is 28.8 Å². The summed E-state index contributed by atoms with van der Waals surface area (Å²) >= 11 is 0. The molecular weight excluding hydrogens is 381 g/mol. The van der Waals surface area contributed by atoms with Gasteiger partial charge in [0.05, 0.1) is 12.2 Å². The predicted molar refractivity (Wildman–Crippen MR) is 101 cm³/mol. The van der Waals surface area contributed by atoms with Crippen molar-refractivity contribution in [2.45, 2.75) is 13.5 Å². The molecule has 1 amide bonds. The third kappa shape index (κ3) is 4.78. The highest BCUT2D eigenvalue weighted by Crippen LogP contribution is 2.27. The summed E-state index contributed by atoms with van der Waals surface area (Å²) in [5.74, 6) is -2.40. The Balaban J connectivity index is 1.64. The van der Waals surface area contributed by atoms with Crippen LogP contribution >= 0.6 is 0 Å². The molecule has 1 aromatic heterocycles. The number of ether oxygens (including phenoxy) is 2. The van der Waals surface area contributed by atoms with E-state index in [0.717, 1.165) is 12.1 Å². The molecule has 29 heavy (non-hydrogen) atoms. The van der Waals surface area contributed by atoms with Gasteiger partial charge in [-0.1, -0.05) is 18.2 Å². The Morgan fingerprint density at radius 1 is 1.03 bits per heavy atom. The molecule has 0 saturated carbocycles. The van der Waals surface area contributed by atoms with Crippen molar-refractivity contribution < 1.29 is 32.7 Å². The summed E-state index contributed by atoms with van der Waals surface area (Å²) in [5, 5.41) is 3.02. The third-order valence-corrected chi connectivity index (χ3v) is 4.04. The number of carbonyl (C=O) groups excluding carboxylic acids is 3. The smallest absolute Gasteiger partial charge is 0.374 e. The van der Waals surface area contributed by atoms with Gasteiger partial charge >= 0.3 is 11.9 Å². The summed E-state index contributed by atoms with van der Waals surface area (Å²) in [7, 11) is 0. The molecule has 0 unspecified atom stereocenters. The van der Waals surface area contributed by atoms with Crippen LogP contribution in [0.25, 0.3) is 11.0 Å². The number of esters is 2. The Labute approximate surface area is 165 Å². The molecule has 0 fully saturated rings. The second-order valence-electron chi connectivity index (χ2n) is 5.98. The zero-order chi connectivity index (χ0) is 20.8. The van der Waals surface area contributed by atoms with Gasteiger partial charge in [-0.05, 0) is 37.3 Å². The highest BCUT2D eigenvalue weighted by atomic mass is 19.1. The number of para-hydroxylation sites is 1. The Morgan fingerprint density at radius 2 is 1.76 bits per heavy atom. The first-order valence-electron chi connectivity index (χ1n) is 8.86. The molecule has 0 bridgehead atoms. The number of hydrogen-bond acceptors (Lipinski definition) is 6. The molecular formula is C21H18FNO6. The molecule has 150 valence electrons. The van der Waals surface area contributed by atoms with Crippen molar-refractivity contribution in [3.63, 3.8) is 0 Å². The molecule has 0 spiro atoms. The van der Waals surface area contributed by atoms with Crippen LogP contribution in [0.2, 0.25) is 0 Å². The molecule has 0 saturated heterocycles. The summed E-state index contributed by atoms with van der Waals surface area (Å²) in [6.07, 6.45) is 0. The number of fused-ring (bicyclic) bond motifs is 1. The van der Waals surface area contributed by atoms with Crippen LogP contribution in [0.4, 0.5) is 4.39 Å². The van der Waals surface area contributed by atoms with Crippen LogP contribution in [-0.2, 0) is 20.9 Å². The number of nitrogens with one attached hydrogen (secondary N) is 1. The predicted octanol–water partition coefficient (Wildman–Crippen LogP) is 3.22. The van der Waals surface area contributed by atoms with Gasteiger partial charge in [-0.2, -0.15) is 0 Å². The summed E-state index contributed by atoms with van der Waals surface area (Å²) < 4.78 is 28.6. The van der Waals surface area contributed by atoms with Crippen LogP contribution in [-0.4, -0.2) is 31.0 Å². The van der Waals surface area contributed by atoms with Gasteiger partial charge in [0.2, 0.25) is 5.76 Å². The van der Waals surface area contributed by atoms with Gasteiger partial charge in [-0.3, -0.25) is 9.59 Å². The molecule has 1 N–H and O–H groups in total. The molecule has 3 rings (SSSR count). The molecule has 7 nitrogen and oxygen atoms in total. The Morgan fingerprint density at radius 3 is 2.48 bits per heavy atom. The monoisotopic (exact) mass is 399 g/mol. The molecule has 0 aliphatic heterocycles. The maximum atomic E-state index is 12.9. The van der Waals surface area contributed by atoms with E-state index >= 15 is 0 Å². The molecule has 2 aromatic carbocycles. The largest absolute Gasteiger partial charge is 0.460 e. The Bertz CT molecular complexity index is 1040. The van der Waals surface area contributed by atoms with Crippen LogP contribution < -0.4 is 5.32 Å². The minimum atomic E-state index is -0.708. The minimum Gasteiger partial charge on any atom is -0.460 e. The number of furan rings is 1. The molecule has 0 aliphatic carbocycles. The van der Waals surface area contributed by atoms with Gasteiger partial charge in [0.25, 0.3) is 5.91 Å². The van der Waals surface area contributed by atoms with E-state index in [-0.39, 0.29) is 31.1 Å². The Hall–Kier alpha value is -3.68. The second-order valence-corrected chi connectivity index (χ2v) is 5.98. The summed E-state index contributed by atoms with van der Waals surface area (Å²) in [6.45, 7) is 1.23. The third-order valence-electron chi connectivity index (χ3n) is 4.04. The first-order chi connectivity index (χ1) is 14.0. The number of hydrogen-bond donors (Lipinski definition) is 1. The van der Waals surface area contributed by atoms with Crippen LogP contribution in [0.5, 0.6) is 0 Å². The first-order valence-corrected chi connectivity index (χ1v) is 8.86. The van der Waals surface area contributed by atoms with Gasteiger partial charge in [-0.25, -0.2) is 9.18 Å². The molecule has 0 aliphatic rings. The fraction of sp³-hybridized carbons (Fsp3) is 0.190. The maximum Gasteiger partial charge on any atom is 0.374 e. The molecule has 0 radical (unpaired) electrons. The summed E-state index contributed by atoms with van der Waals surface area (Å²) in [4.78, 5) is 36.1. The molecule has 0 atom stereocenters. The Kier molecular flexibility index (Phi) is 6.23. The number of benzene rings is 2. The van der Waals surface area contributed by atoms with Gasteiger partial charge in [0.1, 0.15) is 24.6 Å². The fourth-order valence-electron chi connectivity index (χ4n) is 2.66. The topological polar surface area (TPSA) is 94.8 Å². The zero-order valence-corrected chi connectivity index (χ0v) is 15.6. The number of halogens is 1. The van der Waals surface area contributed by atoms with Crippen molar-refractivity contribution in [1.29, 1.82) is 0 Å². The quantitative estimate of drug-likeness (QED) is 0.613. The van der Waals surface area contributed by atoms with E-state index in [2.05, 4.69) is 5.32 Å². The maximum absolute atomic E-state index is 12.9. The van der Waals surface area contributed by atoms with Gasteiger partial charge in [0.15, 0.2) is 0 Å². The highest BCUT2D eigenvalue weighted by Gasteiger charge is 2.22. The van der Waals surface area contributed by atoms with Crippen LogP contribution in [0.15, 0.2) is 52.9 Å². The SMILES string of the molecule is CCOC(=O)c1oc2ccccc2c1COC(=O)CNC(=O)c1ccc(F)cc1. The van der Waals surface area contributed by atoms with Gasteiger partial charge in [0, 0.05) is 10.9 Å². The first kappa shape index (κ1) is 20.1. The lowest BCUT2D eigenvalue weighted by Crippen LogP contribution is -2.30. The van der Waals surface area contributed by atoms with E-state index < -0.39 is 23.7 Å². The lowest BCUT2D eigenvalue weighted by atomic mass is 10.1. The van der Waals surface area contributed by atoms with E-state index in [1.165, 1.54) is 12.1 Å². The minimum absolute atomic E-state index is 0.0313. The van der Waals surface area contributed by atoms with E-state index in [1.54, 1.807) is 31.2 Å². The average Bonchev–Trinajstić information content (AvgIpc) is 3.10. The average molecular weight is 399 g/mol. The number of amides is 1. The molecule has 3 aromatic rings. The van der Waals surface area contributed by atoms with Crippen molar-refractivity contribution in [2.75, 3.05) is 13.2 Å². The lowest BCUT2D eigenvalue weighted by Gasteiger charge is -2.07. The van der Waals surface area contributed by atoms with Crippen molar-refractivity contribution in [3.05, 3.63) is 71.2 Å². The second kappa shape index (κ2) is 9.01. The van der Waals surface area contributed by atoms with Crippen LogP contribution in [0.3, 0.4) is 0 Å². The van der Waals surface area contributed by atoms with Crippen LogP contribution in [0, 0.1) is 5.82 Å². The van der Waals surface area contributed by atoms with Crippen molar-refractivity contribution in [3.8, 4) is 0 Å². The fourth-order valence-corrected chi connectivity index (χ4v) is 2.66. The molecule has 1 heterocycles. The lowest BCUT2D eigenvalue weighted by molar-refractivity contribution is -0.143. The number of carbonyl (C=O) groups is 3. The van der Waals surface area contributed by atoms with Gasteiger partial charge in [-0.15, -0.1) is 0 Å². The standard InChI is InChI=1S/C21H18FNO6/c1-2-27-21(26)19-16(15-5-3-4-6-17(15)29-19)12-28-18(24)11-23-20(25)13-7-9-14(22)10-8-13/h3-10H,2,11-12H2,1H3,(H,23,25). The normalized spacial score (nSPS) is 10.6. The van der Waals surface area contributed by atoms with E-state index in [0.29, 0.717) is 16.5 Å². The van der Waals surface area contributed by atoms with Gasteiger partial charge < -0.3 is 19.2 Å². The summed E-state index contributed by atoms with van der Waals surface area (Å²) in [6, 6.07) is 11.8. The van der Waals surface area contributed by atoms with Crippen LogP contribution in [0.1, 0.15) is 33.4 Å². The summed E-state index contributed by atoms with van der Waals surface area (Å²) in [5.41, 5.74) is 1.06. The van der Waals surface area contributed by atoms with E-state index in [4.69, 9.17) is 13.9 Å². The van der Waals surface area contributed by atoms with Crippen molar-refractivity contribution in [2.24, 2.45) is 0 Å². The van der Waals surface area contributed by atoms with E-state index in [1.807, 2.05) is 0 Å². The highest BCUT2D eigenvalue weighted by molar-refractivity contribution is 5.97. The zero-order valence-electron chi connectivity index (χ0n) is 15.6. The van der Waals surface area contributed by atoms with E-state index in [9.17, 15) is 18.8 Å². The number of rotatable bonds is 7. The van der Waals surface area contributed by atoms with Crippen molar-refractivity contribution in [1.82, 2.24) is 5.32 Å².